The number of carbonyl (C=O) groups excluding carboxylic acids is 2. The van der Waals surface area contributed by atoms with Gasteiger partial charge in [0.05, 0.1) is 23.2 Å². The molecule has 8 rings (SSSR count). The van der Waals surface area contributed by atoms with Crippen LogP contribution in [0.15, 0.2) is 23.3 Å². The predicted molar refractivity (Wildman–Crippen MR) is 183 cm³/mol. The standard InChI is InChI=1S/C40H59NO9/c1-23(2)24-7-8-27-30(43)9-13-36(22-42)31-10-14-35-11-4-5-12-37-26(21-41-15-6-16-49-3)17-25(33(35)28(37)19-32(44)50-37)20-38(35,46)40(31,48)34(45)29(18-24)39(27,36)47/h17,19,22-25,27,29-31,33-34,41,43,45-48H,4-16,18,20-21H2,1-3H3. The van der Waals surface area contributed by atoms with Crippen LogP contribution < -0.4 is 5.32 Å². The smallest absolute Gasteiger partial charge is 0.332 e. The number of aliphatic hydroxyl groups is 5. The van der Waals surface area contributed by atoms with Crippen molar-refractivity contribution in [3.05, 3.63) is 23.3 Å². The van der Waals surface area contributed by atoms with Crippen molar-refractivity contribution in [1.29, 1.82) is 0 Å². The highest BCUT2D eigenvalue weighted by molar-refractivity contribution is 5.88. The maximum absolute atomic E-state index is 13.8. The highest BCUT2D eigenvalue weighted by atomic mass is 16.6. The Balaban J connectivity index is 1.28. The van der Waals surface area contributed by atoms with Gasteiger partial charge in [-0.3, -0.25) is 0 Å². The SMILES string of the molecule is COCCCNCC1=CC2CC3(O)C4(CCCCC15OC(=O)C=C5C24)CCC1C2(C=O)CCC(O)C4CCC(C(C)C)CC(C(O)C13O)C42O. The summed E-state index contributed by atoms with van der Waals surface area (Å²) in [4.78, 5) is 27.1. The lowest BCUT2D eigenvalue weighted by molar-refractivity contribution is -0.375. The third kappa shape index (κ3) is 4.16. The molecule has 50 heavy (non-hydrogen) atoms. The molecule has 0 saturated heterocycles. The highest BCUT2D eigenvalue weighted by Crippen LogP contribution is 2.78. The van der Waals surface area contributed by atoms with Crippen LogP contribution in [0.3, 0.4) is 0 Å². The van der Waals surface area contributed by atoms with Crippen molar-refractivity contribution < 1.29 is 44.6 Å². The first-order valence-electron chi connectivity index (χ1n) is 19.7. The van der Waals surface area contributed by atoms with Gasteiger partial charge in [0.1, 0.15) is 17.5 Å². The van der Waals surface area contributed by atoms with E-state index < -0.39 is 63.2 Å². The molecule has 1 spiro atoms. The molecule has 0 aromatic heterocycles. The Hall–Kier alpha value is -1.66. The Morgan fingerprint density at radius 1 is 1.02 bits per heavy atom. The summed E-state index contributed by atoms with van der Waals surface area (Å²) in [6, 6.07) is 0. The Kier molecular flexibility index (Phi) is 8.43. The zero-order valence-corrected chi connectivity index (χ0v) is 30.1. The van der Waals surface area contributed by atoms with E-state index in [9.17, 15) is 35.1 Å². The van der Waals surface area contributed by atoms with Crippen LogP contribution in [0.4, 0.5) is 0 Å². The third-order valence-electron chi connectivity index (χ3n) is 16.4. The minimum Gasteiger partial charge on any atom is -0.447 e. The van der Waals surface area contributed by atoms with Crippen molar-refractivity contribution in [2.75, 3.05) is 26.8 Å². The minimum absolute atomic E-state index is 0.107. The van der Waals surface area contributed by atoms with Gasteiger partial charge >= 0.3 is 5.97 Å². The van der Waals surface area contributed by atoms with Gasteiger partial charge < -0.3 is 45.1 Å². The lowest BCUT2D eigenvalue weighted by Gasteiger charge is -2.73. The molecule has 6 fully saturated rings. The summed E-state index contributed by atoms with van der Waals surface area (Å²) in [7, 11) is 1.68. The molecule has 7 aliphatic carbocycles. The number of fused-ring (bicyclic) bond motifs is 3. The Labute approximate surface area is 296 Å². The summed E-state index contributed by atoms with van der Waals surface area (Å²) in [6.45, 7) is 6.13. The van der Waals surface area contributed by atoms with Crippen molar-refractivity contribution in [3.63, 3.8) is 0 Å². The fourth-order valence-electron chi connectivity index (χ4n) is 14.3. The van der Waals surface area contributed by atoms with Crippen molar-refractivity contribution in [2.45, 2.75) is 132 Å². The van der Waals surface area contributed by atoms with Gasteiger partial charge in [0, 0.05) is 49.5 Å². The van der Waals surface area contributed by atoms with Crippen LogP contribution in [0, 0.1) is 52.3 Å². The molecule has 14 atom stereocenters. The summed E-state index contributed by atoms with van der Waals surface area (Å²) in [5.74, 6) is -2.95. The second-order valence-corrected chi connectivity index (χ2v) is 18.1. The molecule has 0 radical (unpaired) electrons. The monoisotopic (exact) mass is 697 g/mol. The molecule has 10 nitrogen and oxygen atoms in total. The predicted octanol–water partition coefficient (Wildman–Crippen LogP) is 2.98. The van der Waals surface area contributed by atoms with Crippen molar-refractivity contribution >= 4 is 12.3 Å². The number of ether oxygens (including phenoxy) is 2. The molecule has 0 aromatic carbocycles. The number of methoxy groups -OCH3 is 1. The molecule has 1 heterocycles. The maximum atomic E-state index is 13.8. The second-order valence-electron chi connectivity index (χ2n) is 18.1. The van der Waals surface area contributed by atoms with Gasteiger partial charge in [-0.05, 0) is 118 Å². The number of hydrogen-bond acceptors (Lipinski definition) is 10. The topological polar surface area (TPSA) is 166 Å². The average Bonchev–Trinajstić information content (AvgIpc) is 3.46. The van der Waals surface area contributed by atoms with Gasteiger partial charge in [0.25, 0.3) is 0 Å². The zero-order valence-electron chi connectivity index (χ0n) is 30.1. The van der Waals surface area contributed by atoms with Crippen molar-refractivity contribution in [2.24, 2.45) is 52.3 Å². The van der Waals surface area contributed by atoms with Crippen LogP contribution in [-0.4, -0.2) is 99.2 Å². The number of hydrogen-bond donors (Lipinski definition) is 6. The quantitative estimate of drug-likeness (QED) is 0.0962. The van der Waals surface area contributed by atoms with Crippen LogP contribution >= 0.6 is 0 Å². The first kappa shape index (κ1) is 35.4. The summed E-state index contributed by atoms with van der Waals surface area (Å²) < 4.78 is 11.5. The minimum atomic E-state index is -2.10. The molecule has 8 aliphatic rings. The van der Waals surface area contributed by atoms with Crippen molar-refractivity contribution in [1.82, 2.24) is 5.32 Å². The number of aldehydes is 1. The summed E-state index contributed by atoms with van der Waals surface area (Å²) in [5, 5.41) is 68.3. The van der Waals surface area contributed by atoms with E-state index in [-0.39, 0.29) is 42.5 Å². The van der Waals surface area contributed by atoms with E-state index in [1.807, 2.05) is 0 Å². The number of nitrogens with one attached hydrogen (secondary N) is 1. The molecule has 6 N–H and O–H groups in total. The molecule has 6 saturated carbocycles. The van der Waals surface area contributed by atoms with Gasteiger partial charge in [-0.25, -0.2) is 4.79 Å². The van der Waals surface area contributed by atoms with Crippen LogP contribution in [0.5, 0.6) is 0 Å². The van der Waals surface area contributed by atoms with Gasteiger partial charge in [-0.1, -0.05) is 26.3 Å². The Bertz CT molecular complexity index is 1460. The van der Waals surface area contributed by atoms with Crippen LogP contribution in [0.1, 0.15) is 97.3 Å². The first-order valence-corrected chi connectivity index (χ1v) is 19.7. The Morgan fingerprint density at radius 2 is 1.80 bits per heavy atom. The van der Waals surface area contributed by atoms with E-state index in [0.717, 1.165) is 49.7 Å². The zero-order chi connectivity index (χ0) is 35.5. The average molecular weight is 698 g/mol. The van der Waals surface area contributed by atoms with Gasteiger partial charge in [0.15, 0.2) is 5.60 Å². The number of carbonyl (C=O) groups is 2. The molecule has 10 heteroatoms. The van der Waals surface area contributed by atoms with E-state index in [2.05, 4.69) is 25.2 Å². The molecule has 278 valence electrons. The molecular weight excluding hydrogens is 638 g/mol. The van der Waals surface area contributed by atoms with E-state index in [4.69, 9.17) is 9.47 Å². The summed E-state index contributed by atoms with van der Waals surface area (Å²) in [6.07, 6.45) is 9.21. The van der Waals surface area contributed by atoms with Gasteiger partial charge in [-0.2, -0.15) is 0 Å². The lowest BCUT2D eigenvalue weighted by atomic mass is 9.35. The van der Waals surface area contributed by atoms with Crippen LogP contribution in [0.2, 0.25) is 0 Å². The third-order valence-corrected chi connectivity index (χ3v) is 16.4. The largest absolute Gasteiger partial charge is 0.447 e. The Morgan fingerprint density at radius 3 is 2.54 bits per heavy atom. The maximum Gasteiger partial charge on any atom is 0.332 e. The molecule has 0 aromatic rings. The molecule has 2 bridgehead atoms. The van der Waals surface area contributed by atoms with E-state index in [1.165, 1.54) is 0 Å². The van der Waals surface area contributed by atoms with E-state index >= 15 is 0 Å². The lowest BCUT2D eigenvalue weighted by Crippen LogP contribution is -2.85. The van der Waals surface area contributed by atoms with Crippen LogP contribution in [-0.2, 0) is 19.1 Å². The first-order chi connectivity index (χ1) is 23.8. The number of aliphatic hydroxyl groups excluding tert-OH is 2. The van der Waals surface area contributed by atoms with E-state index in [0.29, 0.717) is 58.1 Å². The fraction of sp³-hybridized carbons (Fsp3) is 0.850. The molecule has 14 unspecified atom stereocenters. The number of allylic oxidation sites excluding steroid dienone is 1. The normalized spacial score (nSPS) is 51.9. The second kappa shape index (κ2) is 11.9. The summed E-state index contributed by atoms with van der Waals surface area (Å²) in [5.41, 5.74) is -6.97. The summed E-state index contributed by atoms with van der Waals surface area (Å²) >= 11 is 0. The van der Waals surface area contributed by atoms with Crippen molar-refractivity contribution in [3.8, 4) is 0 Å². The van der Waals surface area contributed by atoms with Gasteiger partial charge in [0.2, 0.25) is 0 Å². The molecule has 0 amide bonds. The molecular formula is C40H59NO9. The molecule has 1 aliphatic heterocycles. The fourth-order valence-corrected chi connectivity index (χ4v) is 14.3. The van der Waals surface area contributed by atoms with E-state index in [1.54, 1.807) is 13.2 Å². The highest BCUT2D eigenvalue weighted by Gasteiger charge is 2.85. The number of esters is 1. The van der Waals surface area contributed by atoms with Crippen LogP contribution in [0.25, 0.3) is 0 Å². The van der Waals surface area contributed by atoms with Gasteiger partial charge in [-0.15, -0.1) is 0 Å². The number of rotatable bonds is 8.